The third kappa shape index (κ3) is 3.20. The average Bonchev–Trinajstić information content (AvgIpc) is 3.61. The molecule has 7 heteroatoms. The Hall–Kier alpha value is -2.34. The number of ether oxygens (including phenoxy) is 1. The Kier molecular flexibility index (Phi) is 4.38. The summed E-state index contributed by atoms with van der Waals surface area (Å²) in [7, 11) is 1.58. The van der Waals surface area contributed by atoms with Crippen molar-refractivity contribution < 1.29 is 9.13 Å². The molecule has 2 aromatic heterocycles. The van der Waals surface area contributed by atoms with Crippen molar-refractivity contribution in [3.63, 3.8) is 0 Å². The van der Waals surface area contributed by atoms with Crippen LogP contribution in [0.5, 0.6) is 5.75 Å². The van der Waals surface area contributed by atoms with Crippen LogP contribution in [-0.4, -0.2) is 28.3 Å². The van der Waals surface area contributed by atoms with E-state index in [4.69, 9.17) is 16.3 Å². The maximum absolute atomic E-state index is 14.3. The van der Waals surface area contributed by atoms with Crippen LogP contribution in [-0.2, 0) is 6.42 Å². The van der Waals surface area contributed by atoms with E-state index in [9.17, 15) is 4.39 Å². The quantitative estimate of drug-likeness (QED) is 0.624. The molecule has 5 rings (SSSR count). The van der Waals surface area contributed by atoms with E-state index >= 15 is 0 Å². The summed E-state index contributed by atoms with van der Waals surface area (Å²) in [6.07, 6.45) is 6.42. The monoisotopic (exact) mass is 400 g/mol. The third-order valence-electron chi connectivity index (χ3n) is 5.84. The lowest BCUT2D eigenvalue weighted by molar-refractivity contribution is 0.404. The lowest BCUT2D eigenvalue weighted by atomic mass is 10.1. The summed E-state index contributed by atoms with van der Waals surface area (Å²) in [6.45, 7) is 0.723. The molecule has 1 aromatic carbocycles. The van der Waals surface area contributed by atoms with Gasteiger partial charge >= 0.3 is 0 Å². The fourth-order valence-electron chi connectivity index (χ4n) is 3.95. The predicted octanol–water partition coefficient (Wildman–Crippen LogP) is 4.70. The van der Waals surface area contributed by atoms with Crippen molar-refractivity contribution in [2.75, 3.05) is 19.0 Å². The summed E-state index contributed by atoms with van der Waals surface area (Å²) in [5.74, 6) is 2.66. The van der Waals surface area contributed by atoms with Crippen molar-refractivity contribution in [1.82, 2.24) is 14.6 Å². The molecule has 0 radical (unpaired) electrons. The van der Waals surface area contributed by atoms with Crippen molar-refractivity contribution in [2.45, 2.75) is 31.6 Å². The van der Waals surface area contributed by atoms with Crippen LogP contribution < -0.4 is 10.1 Å². The standard InChI is InChI=1S/C21H22ClFN4O/c1-28-17-4-2-3-15(23)19(17)14-10-13(14)11-24-16-7-8-27-18(9-12-5-6-12)25-26-21(27)20(16)22/h2-4,7-8,12-14,24H,5-6,9-11H2,1H3/t13-,14+/m1/s1. The molecule has 0 spiro atoms. The van der Waals surface area contributed by atoms with Gasteiger partial charge in [0, 0.05) is 24.7 Å². The first-order chi connectivity index (χ1) is 13.7. The maximum Gasteiger partial charge on any atom is 0.181 e. The van der Waals surface area contributed by atoms with E-state index in [-0.39, 0.29) is 11.7 Å². The molecule has 28 heavy (non-hydrogen) atoms. The van der Waals surface area contributed by atoms with Gasteiger partial charge in [-0.05, 0) is 55.2 Å². The van der Waals surface area contributed by atoms with Crippen molar-refractivity contribution >= 4 is 22.9 Å². The summed E-state index contributed by atoms with van der Waals surface area (Å²) < 4.78 is 21.6. The Balaban J connectivity index is 1.29. The number of nitrogens with zero attached hydrogens (tertiary/aromatic N) is 3. The third-order valence-corrected chi connectivity index (χ3v) is 6.21. The average molecular weight is 401 g/mol. The highest BCUT2D eigenvalue weighted by Crippen LogP contribution is 2.51. The number of fused-ring (bicyclic) bond motifs is 1. The summed E-state index contributed by atoms with van der Waals surface area (Å²) in [6, 6.07) is 6.96. The van der Waals surface area contributed by atoms with Gasteiger partial charge in [0.25, 0.3) is 0 Å². The first kappa shape index (κ1) is 17.7. The SMILES string of the molecule is COc1cccc(F)c1[C@H]1C[C@@H]1CNc1ccn2c(CC3CC3)nnc2c1Cl. The second kappa shape index (κ2) is 6.92. The number of hydrogen-bond donors (Lipinski definition) is 1. The van der Waals surface area contributed by atoms with Gasteiger partial charge in [0.1, 0.15) is 22.4 Å². The van der Waals surface area contributed by atoms with Crippen LogP contribution in [0.25, 0.3) is 5.65 Å². The number of benzene rings is 1. The predicted molar refractivity (Wildman–Crippen MR) is 107 cm³/mol. The number of rotatable bonds is 7. The van der Waals surface area contributed by atoms with Gasteiger partial charge in [-0.2, -0.15) is 0 Å². The van der Waals surface area contributed by atoms with E-state index in [0.29, 0.717) is 27.9 Å². The molecule has 1 N–H and O–H groups in total. The normalized spacial score (nSPS) is 21.1. The molecule has 0 amide bonds. The summed E-state index contributed by atoms with van der Waals surface area (Å²) >= 11 is 6.57. The van der Waals surface area contributed by atoms with E-state index in [1.165, 1.54) is 18.9 Å². The smallest absolute Gasteiger partial charge is 0.181 e. The van der Waals surface area contributed by atoms with Gasteiger partial charge < -0.3 is 10.1 Å². The highest BCUT2D eigenvalue weighted by atomic mass is 35.5. The maximum atomic E-state index is 14.3. The fraction of sp³-hybridized carbons (Fsp3) is 0.429. The number of hydrogen-bond acceptors (Lipinski definition) is 4. The minimum atomic E-state index is -0.196. The summed E-state index contributed by atoms with van der Waals surface area (Å²) in [5, 5.41) is 12.6. The number of anilines is 1. The lowest BCUT2D eigenvalue weighted by Gasteiger charge is -2.11. The highest BCUT2D eigenvalue weighted by Gasteiger charge is 2.41. The van der Waals surface area contributed by atoms with E-state index in [1.807, 2.05) is 22.7 Å². The molecular weight excluding hydrogens is 379 g/mol. The van der Waals surface area contributed by atoms with Crippen molar-refractivity contribution in [1.29, 1.82) is 0 Å². The molecule has 0 bridgehead atoms. The van der Waals surface area contributed by atoms with Gasteiger partial charge in [0.2, 0.25) is 0 Å². The summed E-state index contributed by atoms with van der Waals surface area (Å²) in [5.41, 5.74) is 2.21. The molecule has 3 aromatic rings. The molecule has 2 atom stereocenters. The van der Waals surface area contributed by atoms with Crippen LogP contribution in [0.3, 0.4) is 0 Å². The molecule has 0 aliphatic heterocycles. The molecule has 0 saturated heterocycles. The number of methoxy groups -OCH3 is 1. The Bertz CT molecular complexity index is 1030. The van der Waals surface area contributed by atoms with Crippen LogP contribution in [0, 0.1) is 17.7 Å². The van der Waals surface area contributed by atoms with E-state index in [1.54, 1.807) is 13.2 Å². The van der Waals surface area contributed by atoms with Crippen molar-refractivity contribution in [3.8, 4) is 5.75 Å². The molecule has 146 valence electrons. The van der Waals surface area contributed by atoms with Gasteiger partial charge in [-0.15, -0.1) is 10.2 Å². The minimum absolute atomic E-state index is 0.171. The lowest BCUT2D eigenvalue weighted by Crippen LogP contribution is -2.07. The zero-order chi connectivity index (χ0) is 19.3. The topological polar surface area (TPSA) is 51.5 Å². The number of nitrogens with one attached hydrogen (secondary N) is 1. The molecule has 0 unspecified atom stereocenters. The molecule has 5 nitrogen and oxygen atoms in total. The first-order valence-electron chi connectivity index (χ1n) is 9.74. The molecule has 2 heterocycles. The fourth-order valence-corrected chi connectivity index (χ4v) is 4.21. The van der Waals surface area contributed by atoms with Crippen LogP contribution in [0.4, 0.5) is 10.1 Å². The number of aromatic nitrogens is 3. The van der Waals surface area contributed by atoms with Gasteiger partial charge in [0.15, 0.2) is 5.65 Å². The molecular formula is C21H22ClFN4O. The Morgan fingerprint density at radius 1 is 1.29 bits per heavy atom. The zero-order valence-corrected chi connectivity index (χ0v) is 16.4. The van der Waals surface area contributed by atoms with Gasteiger partial charge in [-0.25, -0.2) is 4.39 Å². The Morgan fingerprint density at radius 2 is 2.14 bits per heavy atom. The molecule has 2 saturated carbocycles. The number of halogens is 2. The molecule has 2 aliphatic rings. The molecule has 2 fully saturated rings. The number of pyridine rings is 1. The minimum Gasteiger partial charge on any atom is -0.496 e. The van der Waals surface area contributed by atoms with Gasteiger partial charge in [0.05, 0.1) is 12.8 Å². The van der Waals surface area contributed by atoms with Crippen LogP contribution in [0.2, 0.25) is 5.02 Å². The second-order valence-electron chi connectivity index (χ2n) is 7.84. The van der Waals surface area contributed by atoms with E-state index < -0.39 is 0 Å². The van der Waals surface area contributed by atoms with Crippen molar-refractivity contribution in [3.05, 3.63) is 52.7 Å². The van der Waals surface area contributed by atoms with Crippen LogP contribution in [0.15, 0.2) is 30.5 Å². The Morgan fingerprint density at radius 3 is 2.93 bits per heavy atom. The van der Waals surface area contributed by atoms with Gasteiger partial charge in [-0.3, -0.25) is 4.40 Å². The Labute approximate surface area is 167 Å². The molecule has 2 aliphatic carbocycles. The van der Waals surface area contributed by atoms with Crippen LogP contribution >= 0.6 is 11.6 Å². The first-order valence-corrected chi connectivity index (χ1v) is 10.1. The summed E-state index contributed by atoms with van der Waals surface area (Å²) in [4.78, 5) is 0. The second-order valence-corrected chi connectivity index (χ2v) is 8.22. The largest absolute Gasteiger partial charge is 0.496 e. The van der Waals surface area contributed by atoms with E-state index in [2.05, 4.69) is 15.5 Å². The highest BCUT2D eigenvalue weighted by molar-refractivity contribution is 6.36. The van der Waals surface area contributed by atoms with E-state index in [0.717, 1.165) is 36.8 Å². The zero-order valence-electron chi connectivity index (χ0n) is 15.7. The van der Waals surface area contributed by atoms with Crippen LogP contribution in [0.1, 0.15) is 36.6 Å². The van der Waals surface area contributed by atoms with Crippen molar-refractivity contribution in [2.24, 2.45) is 11.8 Å². The van der Waals surface area contributed by atoms with Gasteiger partial charge in [-0.1, -0.05) is 17.7 Å².